The maximum absolute atomic E-state index is 13.1. The number of rotatable bonds is 6. The molecule has 0 aliphatic carbocycles. The van der Waals surface area contributed by atoms with Crippen LogP contribution in [0.3, 0.4) is 0 Å². The van der Waals surface area contributed by atoms with E-state index in [1.54, 1.807) is 6.07 Å². The van der Waals surface area contributed by atoms with Crippen LogP contribution in [0.1, 0.15) is 37.9 Å². The van der Waals surface area contributed by atoms with Crippen molar-refractivity contribution < 1.29 is 17.9 Å². The fraction of sp³-hybridized carbons (Fsp3) is 0.600. The zero-order valence-corrected chi connectivity index (χ0v) is 12.3. The van der Waals surface area contributed by atoms with E-state index in [-0.39, 0.29) is 17.6 Å². The van der Waals surface area contributed by atoms with E-state index in [9.17, 15) is 13.2 Å². The summed E-state index contributed by atoms with van der Waals surface area (Å²) in [5, 5.41) is 3.12. The third-order valence-corrected chi connectivity index (χ3v) is 3.28. The van der Waals surface area contributed by atoms with Gasteiger partial charge in [-0.25, -0.2) is 0 Å². The summed E-state index contributed by atoms with van der Waals surface area (Å²) in [6, 6.07) is 5.19. The minimum absolute atomic E-state index is 0.102. The number of hydrogen-bond donors (Lipinski definition) is 1. The quantitative estimate of drug-likeness (QED) is 0.854. The lowest BCUT2D eigenvalue weighted by atomic mass is 9.90. The average Bonchev–Trinajstić information content (AvgIpc) is 2.37. The fourth-order valence-electron chi connectivity index (χ4n) is 2.44. The van der Waals surface area contributed by atoms with Gasteiger partial charge in [0, 0.05) is 7.11 Å². The lowest BCUT2D eigenvalue weighted by Gasteiger charge is -2.31. The van der Waals surface area contributed by atoms with Crippen molar-refractivity contribution in [2.45, 2.75) is 39.1 Å². The predicted octanol–water partition coefficient (Wildman–Crippen LogP) is 4.03. The van der Waals surface area contributed by atoms with E-state index in [2.05, 4.69) is 5.32 Å². The summed E-state index contributed by atoms with van der Waals surface area (Å²) in [5.41, 5.74) is -0.365. The molecule has 0 fully saturated rings. The molecule has 1 rings (SSSR count). The van der Waals surface area contributed by atoms with Crippen LogP contribution < -0.4 is 5.32 Å². The largest absolute Gasteiger partial charge is 0.416 e. The van der Waals surface area contributed by atoms with Crippen LogP contribution >= 0.6 is 0 Å². The summed E-state index contributed by atoms with van der Waals surface area (Å²) < 4.78 is 44.9. The smallest absolute Gasteiger partial charge is 0.379 e. The third kappa shape index (κ3) is 3.96. The number of ether oxygens (including phenoxy) is 1. The Bertz CT molecular complexity index is 418. The molecule has 0 spiro atoms. The van der Waals surface area contributed by atoms with E-state index < -0.39 is 17.8 Å². The second-order valence-electron chi connectivity index (χ2n) is 5.06. The lowest BCUT2D eigenvalue weighted by molar-refractivity contribution is -0.138. The summed E-state index contributed by atoms with van der Waals surface area (Å²) in [6.07, 6.45) is -4.68. The minimum Gasteiger partial charge on any atom is -0.379 e. The maximum Gasteiger partial charge on any atom is 0.416 e. The van der Waals surface area contributed by atoms with Gasteiger partial charge in [-0.15, -0.1) is 0 Å². The SMILES string of the molecule is CCNC(c1ccccc1C(F)(F)F)C(OC)C(C)C. The van der Waals surface area contributed by atoms with Crippen molar-refractivity contribution in [1.82, 2.24) is 5.32 Å². The van der Waals surface area contributed by atoms with E-state index in [1.165, 1.54) is 19.2 Å². The Morgan fingerprint density at radius 1 is 1.20 bits per heavy atom. The molecule has 0 aliphatic rings. The zero-order chi connectivity index (χ0) is 15.3. The molecule has 114 valence electrons. The summed E-state index contributed by atoms with van der Waals surface area (Å²) in [6.45, 7) is 6.32. The van der Waals surface area contributed by atoms with Gasteiger partial charge in [-0.1, -0.05) is 39.0 Å². The molecule has 0 radical (unpaired) electrons. The van der Waals surface area contributed by atoms with E-state index in [0.29, 0.717) is 6.54 Å². The Hall–Kier alpha value is -1.07. The highest BCUT2D eigenvalue weighted by atomic mass is 19.4. The molecule has 2 nitrogen and oxygen atoms in total. The van der Waals surface area contributed by atoms with Gasteiger partial charge in [0.15, 0.2) is 0 Å². The van der Waals surface area contributed by atoms with Crippen LogP contribution in [0.4, 0.5) is 13.2 Å². The number of nitrogens with one attached hydrogen (secondary N) is 1. The highest BCUT2D eigenvalue weighted by Gasteiger charge is 2.37. The molecule has 0 heterocycles. The van der Waals surface area contributed by atoms with Crippen molar-refractivity contribution in [3.63, 3.8) is 0 Å². The Balaban J connectivity index is 3.28. The van der Waals surface area contributed by atoms with Gasteiger partial charge in [0.05, 0.1) is 17.7 Å². The van der Waals surface area contributed by atoms with Crippen molar-refractivity contribution in [3.05, 3.63) is 35.4 Å². The number of halogens is 3. The molecule has 0 saturated carbocycles. The normalized spacial score (nSPS) is 15.4. The molecule has 1 aromatic rings. The second kappa shape index (κ2) is 7.09. The zero-order valence-electron chi connectivity index (χ0n) is 12.3. The van der Waals surface area contributed by atoms with E-state index >= 15 is 0 Å². The molecule has 1 N–H and O–H groups in total. The highest BCUT2D eigenvalue weighted by molar-refractivity contribution is 5.33. The van der Waals surface area contributed by atoms with Crippen LogP contribution in [-0.2, 0) is 10.9 Å². The number of hydrogen-bond acceptors (Lipinski definition) is 2. The van der Waals surface area contributed by atoms with Crippen LogP contribution in [0.15, 0.2) is 24.3 Å². The van der Waals surface area contributed by atoms with Crippen LogP contribution in [-0.4, -0.2) is 19.8 Å². The van der Waals surface area contributed by atoms with Crippen molar-refractivity contribution in [2.24, 2.45) is 5.92 Å². The van der Waals surface area contributed by atoms with Crippen molar-refractivity contribution >= 4 is 0 Å². The summed E-state index contributed by atoms with van der Waals surface area (Å²) in [5.74, 6) is 0.102. The van der Waals surface area contributed by atoms with Crippen LogP contribution in [0.25, 0.3) is 0 Å². The van der Waals surface area contributed by atoms with Gasteiger partial charge in [-0.2, -0.15) is 13.2 Å². The van der Waals surface area contributed by atoms with Gasteiger partial charge in [-0.05, 0) is 24.1 Å². The van der Waals surface area contributed by atoms with Gasteiger partial charge in [-0.3, -0.25) is 0 Å². The van der Waals surface area contributed by atoms with Gasteiger partial charge >= 0.3 is 6.18 Å². The molecule has 2 atom stereocenters. The molecule has 1 aromatic carbocycles. The first-order valence-corrected chi connectivity index (χ1v) is 6.75. The van der Waals surface area contributed by atoms with Crippen molar-refractivity contribution in [3.8, 4) is 0 Å². The summed E-state index contributed by atoms with van der Waals surface area (Å²) in [7, 11) is 1.53. The van der Waals surface area contributed by atoms with Crippen LogP contribution in [0, 0.1) is 5.92 Å². The molecule has 5 heteroatoms. The predicted molar refractivity (Wildman–Crippen MR) is 73.5 cm³/mol. The fourth-order valence-corrected chi connectivity index (χ4v) is 2.44. The molecule has 20 heavy (non-hydrogen) atoms. The molecule has 0 saturated heterocycles. The monoisotopic (exact) mass is 289 g/mol. The molecule has 0 bridgehead atoms. The van der Waals surface area contributed by atoms with Gasteiger partial charge < -0.3 is 10.1 Å². The standard InChI is InChI=1S/C15H22F3NO/c1-5-19-13(14(20-4)10(2)3)11-8-6-7-9-12(11)15(16,17)18/h6-10,13-14,19H,5H2,1-4H3. The summed E-state index contributed by atoms with van der Waals surface area (Å²) in [4.78, 5) is 0. The Kier molecular flexibility index (Phi) is 6.02. The van der Waals surface area contributed by atoms with E-state index in [1.807, 2.05) is 20.8 Å². The number of alkyl halides is 3. The molecule has 0 aromatic heterocycles. The maximum atomic E-state index is 13.1. The molecule has 0 aliphatic heterocycles. The topological polar surface area (TPSA) is 21.3 Å². The number of benzene rings is 1. The van der Waals surface area contributed by atoms with Gasteiger partial charge in [0.1, 0.15) is 0 Å². The Labute approximate surface area is 118 Å². The van der Waals surface area contributed by atoms with Crippen molar-refractivity contribution in [1.29, 1.82) is 0 Å². The Morgan fingerprint density at radius 3 is 2.25 bits per heavy atom. The molecule has 2 unspecified atom stereocenters. The van der Waals surface area contributed by atoms with Gasteiger partial charge in [0.2, 0.25) is 0 Å². The van der Waals surface area contributed by atoms with Crippen LogP contribution in [0.2, 0.25) is 0 Å². The van der Waals surface area contributed by atoms with Crippen molar-refractivity contribution in [2.75, 3.05) is 13.7 Å². The third-order valence-electron chi connectivity index (χ3n) is 3.28. The van der Waals surface area contributed by atoms with E-state index in [0.717, 1.165) is 6.07 Å². The summed E-state index contributed by atoms with van der Waals surface area (Å²) >= 11 is 0. The highest BCUT2D eigenvalue weighted by Crippen LogP contribution is 2.36. The number of methoxy groups -OCH3 is 1. The van der Waals surface area contributed by atoms with Crippen LogP contribution in [0.5, 0.6) is 0 Å². The molecular weight excluding hydrogens is 267 g/mol. The van der Waals surface area contributed by atoms with Gasteiger partial charge in [0.25, 0.3) is 0 Å². The first kappa shape index (κ1) is 17.0. The molecule has 0 amide bonds. The second-order valence-corrected chi connectivity index (χ2v) is 5.06. The first-order valence-electron chi connectivity index (χ1n) is 6.75. The lowest BCUT2D eigenvalue weighted by Crippen LogP contribution is -2.37. The Morgan fingerprint density at radius 2 is 1.80 bits per heavy atom. The average molecular weight is 289 g/mol. The first-order chi connectivity index (χ1) is 9.32. The molecular formula is C15H22F3NO. The van der Waals surface area contributed by atoms with E-state index in [4.69, 9.17) is 4.74 Å². The minimum atomic E-state index is -4.36. The number of likely N-dealkylation sites (N-methyl/N-ethyl adjacent to an activating group) is 1.